The second-order valence-electron chi connectivity index (χ2n) is 5.94. The molecule has 1 heterocycles. The molecule has 0 aliphatic heterocycles. The summed E-state index contributed by atoms with van der Waals surface area (Å²) in [6.07, 6.45) is 0. The minimum absolute atomic E-state index is 0.00432. The van der Waals surface area contributed by atoms with Crippen LogP contribution in [0, 0.1) is 0 Å². The number of carbonyl (C=O) groups is 2. The van der Waals surface area contributed by atoms with E-state index in [1.54, 1.807) is 45.2 Å². The molecule has 0 spiro atoms. The standard InChI is InChI=1S/C21H26N2O7/c1-4-28-20(24)16-12-17(23-19(22)18(16)21(25)29-5-2)14-6-8-15(9-7-14)30-13-27-11-10-26-3/h6-9,12H,4-5,10-11,13H2,1-3H3,(H2,22,23). The molecule has 0 saturated heterocycles. The smallest absolute Gasteiger partial charge is 0.342 e. The summed E-state index contributed by atoms with van der Waals surface area (Å²) in [7, 11) is 1.59. The topological polar surface area (TPSA) is 119 Å². The van der Waals surface area contributed by atoms with Crippen LogP contribution in [0.5, 0.6) is 5.75 Å². The van der Waals surface area contributed by atoms with E-state index in [9.17, 15) is 9.59 Å². The van der Waals surface area contributed by atoms with E-state index >= 15 is 0 Å². The molecule has 0 radical (unpaired) electrons. The molecule has 2 rings (SSSR count). The monoisotopic (exact) mass is 418 g/mol. The molecule has 2 N–H and O–H groups in total. The van der Waals surface area contributed by atoms with Gasteiger partial charge in [0.1, 0.15) is 17.1 Å². The Labute approximate surface area is 175 Å². The van der Waals surface area contributed by atoms with Crippen molar-refractivity contribution in [1.29, 1.82) is 0 Å². The number of nitrogens with zero attached hydrogens (tertiary/aromatic N) is 1. The second kappa shape index (κ2) is 11.7. The summed E-state index contributed by atoms with van der Waals surface area (Å²) in [5.74, 6) is -0.919. The number of carbonyl (C=O) groups excluding carboxylic acids is 2. The number of rotatable bonds is 11. The predicted molar refractivity (Wildman–Crippen MR) is 109 cm³/mol. The zero-order chi connectivity index (χ0) is 21.9. The Morgan fingerprint density at radius 1 is 1.00 bits per heavy atom. The molecular formula is C21H26N2O7. The number of anilines is 1. The normalized spacial score (nSPS) is 10.5. The van der Waals surface area contributed by atoms with Gasteiger partial charge in [0, 0.05) is 12.7 Å². The molecule has 9 nitrogen and oxygen atoms in total. The molecule has 30 heavy (non-hydrogen) atoms. The van der Waals surface area contributed by atoms with E-state index in [0.29, 0.717) is 30.2 Å². The molecule has 0 aliphatic carbocycles. The summed E-state index contributed by atoms with van der Waals surface area (Å²) in [6, 6.07) is 8.44. The Kier molecular flexibility index (Phi) is 9.04. The number of esters is 2. The first-order chi connectivity index (χ1) is 14.5. The van der Waals surface area contributed by atoms with E-state index in [1.807, 2.05) is 0 Å². The molecule has 162 valence electrons. The molecule has 0 saturated carbocycles. The average molecular weight is 418 g/mol. The summed E-state index contributed by atoms with van der Waals surface area (Å²) < 4.78 is 25.7. The molecule has 1 aromatic heterocycles. The van der Waals surface area contributed by atoms with E-state index in [4.69, 9.17) is 29.4 Å². The summed E-state index contributed by atoms with van der Waals surface area (Å²) in [6.45, 7) is 4.63. The van der Waals surface area contributed by atoms with Gasteiger partial charge in [0.15, 0.2) is 6.79 Å². The zero-order valence-electron chi connectivity index (χ0n) is 17.3. The fraction of sp³-hybridized carbons (Fsp3) is 0.381. The highest BCUT2D eigenvalue weighted by atomic mass is 16.7. The van der Waals surface area contributed by atoms with Crippen LogP contribution >= 0.6 is 0 Å². The van der Waals surface area contributed by atoms with Crippen LogP contribution in [0.1, 0.15) is 34.6 Å². The molecule has 0 bridgehead atoms. The minimum Gasteiger partial charge on any atom is -0.468 e. The first-order valence-corrected chi connectivity index (χ1v) is 9.46. The number of aromatic nitrogens is 1. The average Bonchev–Trinajstić information content (AvgIpc) is 2.73. The maximum absolute atomic E-state index is 12.4. The largest absolute Gasteiger partial charge is 0.468 e. The van der Waals surface area contributed by atoms with Gasteiger partial charge < -0.3 is 29.4 Å². The van der Waals surface area contributed by atoms with Gasteiger partial charge in [-0.15, -0.1) is 0 Å². The van der Waals surface area contributed by atoms with Gasteiger partial charge in [-0.1, -0.05) is 0 Å². The minimum atomic E-state index is -0.727. The summed E-state index contributed by atoms with van der Waals surface area (Å²) >= 11 is 0. The fourth-order valence-corrected chi connectivity index (χ4v) is 2.53. The molecule has 0 aliphatic rings. The molecule has 0 atom stereocenters. The van der Waals surface area contributed by atoms with Crippen LogP contribution in [0.4, 0.5) is 5.82 Å². The fourth-order valence-electron chi connectivity index (χ4n) is 2.53. The number of pyridine rings is 1. The van der Waals surface area contributed by atoms with Gasteiger partial charge in [-0.3, -0.25) is 0 Å². The molecule has 0 unspecified atom stereocenters. The lowest BCUT2D eigenvalue weighted by Crippen LogP contribution is -2.18. The first-order valence-electron chi connectivity index (χ1n) is 9.46. The maximum atomic E-state index is 12.4. The van der Waals surface area contributed by atoms with Crippen molar-refractivity contribution in [3.05, 3.63) is 41.5 Å². The number of ether oxygens (including phenoxy) is 5. The Hall–Kier alpha value is -3.17. The predicted octanol–water partition coefficient (Wildman–Crippen LogP) is 2.68. The zero-order valence-corrected chi connectivity index (χ0v) is 17.3. The molecular weight excluding hydrogens is 392 g/mol. The third-order valence-electron chi connectivity index (χ3n) is 3.91. The lowest BCUT2D eigenvalue weighted by molar-refractivity contribution is -0.00846. The van der Waals surface area contributed by atoms with E-state index in [0.717, 1.165) is 0 Å². The van der Waals surface area contributed by atoms with Gasteiger partial charge in [0.2, 0.25) is 0 Å². The van der Waals surface area contributed by atoms with Crippen molar-refractivity contribution in [2.75, 3.05) is 46.1 Å². The lowest BCUT2D eigenvalue weighted by atomic mass is 10.0. The molecule has 1 aromatic carbocycles. The number of hydrogen-bond donors (Lipinski definition) is 1. The van der Waals surface area contributed by atoms with Gasteiger partial charge >= 0.3 is 11.9 Å². The van der Waals surface area contributed by atoms with E-state index in [1.165, 1.54) is 6.07 Å². The highest BCUT2D eigenvalue weighted by Crippen LogP contribution is 2.27. The van der Waals surface area contributed by atoms with Crippen molar-refractivity contribution in [3.63, 3.8) is 0 Å². The van der Waals surface area contributed by atoms with Gasteiger partial charge in [-0.25, -0.2) is 14.6 Å². The highest BCUT2D eigenvalue weighted by molar-refractivity contribution is 6.07. The van der Waals surface area contributed by atoms with Gasteiger partial charge in [0.25, 0.3) is 0 Å². The quantitative estimate of drug-likeness (QED) is 0.334. The summed E-state index contributed by atoms with van der Waals surface area (Å²) in [5, 5.41) is 0. The summed E-state index contributed by atoms with van der Waals surface area (Å²) in [5.41, 5.74) is 6.97. The van der Waals surface area contributed by atoms with E-state index in [2.05, 4.69) is 4.98 Å². The van der Waals surface area contributed by atoms with Crippen LogP contribution in [0.3, 0.4) is 0 Å². The number of nitrogen functional groups attached to an aromatic ring is 1. The van der Waals surface area contributed by atoms with Crippen LogP contribution in [-0.2, 0) is 18.9 Å². The number of hydrogen-bond acceptors (Lipinski definition) is 9. The SMILES string of the molecule is CCOC(=O)c1cc(-c2ccc(OCOCCOC)cc2)nc(N)c1C(=O)OCC. The van der Waals surface area contributed by atoms with Crippen LogP contribution in [0.25, 0.3) is 11.3 Å². The second-order valence-corrected chi connectivity index (χ2v) is 5.94. The van der Waals surface area contributed by atoms with Crippen molar-refractivity contribution in [2.45, 2.75) is 13.8 Å². The molecule has 9 heteroatoms. The van der Waals surface area contributed by atoms with Crippen molar-refractivity contribution in [3.8, 4) is 17.0 Å². The van der Waals surface area contributed by atoms with Gasteiger partial charge in [-0.05, 0) is 44.2 Å². The third-order valence-corrected chi connectivity index (χ3v) is 3.91. The lowest BCUT2D eigenvalue weighted by Gasteiger charge is -2.13. The molecule has 0 fully saturated rings. The molecule has 2 aromatic rings. The van der Waals surface area contributed by atoms with Crippen molar-refractivity contribution in [2.24, 2.45) is 0 Å². The Balaban J connectivity index is 2.26. The first kappa shape index (κ1) is 23.1. The van der Waals surface area contributed by atoms with Gasteiger partial charge in [-0.2, -0.15) is 0 Å². The molecule has 0 amide bonds. The van der Waals surface area contributed by atoms with Gasteiger partial charge in [0.05, 0.1) is 37.7 Å². The number of methoxy groups -OCH3 is 1. The highest BCUT2D eigenvalue weighted by Gasteiger charge is 2.25. The Morgan fingerprint density at radius 2 is 1.67 bits per heavy atom. The van der Waals surface area contributed by atoms with Crippen LogP contribution < -0.4 is 10.5 Å². The van der Waals surface area contributed by atoms with Crippen molar-refractivity contribution < 1.29 is 33.3 Å². The summed E-state index contributed by atoms with van der Waals surface area (Å²) in [4.78, 5) is 28.9. The van der Waals surface area contributed by atoms with E-state index < -0.39 is 11.9 Å². The van der Waals surface area contributed by atoms with Crippen molar-refractivity contribution in [1.82, 2.24) is 4.98 Å². The van der Waals surface area contributed by atoms with Crippen LogP contribution in [-0.4, -0.2) is 57.3 Å². The number of benzene rings is 1. The van der Waals surface area contributed by atoms with Crippen molar-refractivity contribution >= 4 is 17.8 Å². The maximum Gasteiger partial charge on any atom is 0.342 e. The Morgan fingerprint density at radius 3 is 2.30 bits per heavy atom. The van der Waals surface area contributed by atoms with E-state index in [-0.39, 0.29) is 37.0 Å². The number of nitrogens with two attached hydrogens (primary N) is 1. The van der Waals surface area contributed by atoms with Crippen LogP contribution in [0.2, 0.25) is 0 Å². The van der Waals surface area contributed by atoms with Crippen LogP contribution in [0.15, 0.2) is 30.3 Å². The Bertz CT molecular complexity index is 853. The third kappa shape index (κ3) is 6.16.